The fraction of sp³-hybridized carbons (Fsp3) is 0.364. The number of nitro groups is 1. The van der Waals surface area contributed by atoms with Crippen LogP contribution in [0.25, 0.3) is 0 Å². The van der Waals surface area contributed by atoms with Crippen molar-refractivity contribution in [2.45, 2.75) is 24.6 Å². The molecule has 1 aromatic carbocycles. The summed E-state index contributed by atoms with van der Waals surface area (Å²) in [5.41, 5.74) is -6.17. The molecular weight excluding hydrogens is 340 g/mol. The second-order valence-electron chi connectivity index (χ2n) is 4.21. The van der Waals surface area contributed by atoms with Crippen LogP contribution in [-0.4, -0.2) is 34.0 Å². The molecule has 128 valence electrons. The first-order valence-electron chi connectivity index (χ1n) is 5.57. The van der Waals surface area contributed by atoms with E-state index in [4.69, 9.17) is 5.11 Å². The Morgan fingerprint density at radius 1 is 1.09 bits per heavy atom. The van der Waals surface area contributed by atoms with Crippen LogP contribution < -0.4 is 0 Å². The summed E-state index contributed by atoms with van der Waals surface area (Å²) < 4.78 is 78.1. The van der Waals surface area contributed by atoms with Crippen molar-refractivity contribution in [3.8, 4) is 0 Å². The van der Waals surface area contributed by atoms with Crippen molar-refractivity contribution in [2.75, 3.05) is 0 Å². The Kier molecular flexibility index (Phi) is 4.89. The maximum atomic E-state index is 12.4. The monoisotopic (exact) mass is 347 g/mol. The number of aliphatic hydroxyl groups is 1. The van der Waals surface area contributed by atoms with Gasteiger partial charge in [0.05, 0.1) is 4.92 Å². The molecule has 0 heterocycles. The first-order chi connectivity index (χ1) is 10.3. The minimum atomic E-state index is -6.34. The highest BCUT2D eigenvalue weighted by atomic mass is 19.4. The maximum absolute atomic E-state index is 12.4. The normalized spacial score (nSPS) is 12.8. The molecule has 0 aromatic heterocycles. The summed E-state index contributed by atoms with van der Waals surface area (Å²) in [6, 6.07) is 3.74. The Hall–Kier alpha value is -2.37. The number of nitro benzene ring substituents is 1. The molecule has 0 atom stereocenters. The van der Waals surface area contributed by atoms with Gasteiger partial charge in [-0.15, -0.1) is 0 Å². The zero-order valence-electron chi connectivity index (χ0n) is 10.8. The lowest BCUT2D eigenvalue weighted by Crippen LogP contribution is -2.62. The number of carbonyl (C=O) groups excluding carboxylic acids is 1. The molecule has 1 aromatic rings. The molecular formula is C11H7F6NO5. The van der Waals surface area contributed by atoms with Gasteiger partial charge in [0.1, 0.15) is 6.61 Å². The molecule has 0 spiro atoms. The molecule has 1 N–H and O–H groups in total. The fourth-order valence-electron chi connectivity index (χ4n) is 1.36. The molecule has 23 heavy (non-hydrogen) atoms. The number of halogens is 6. The summed E-state index contributed by atoms with van der Waals surface area (Å²) in [6.07, 6.45) is -12.7. The van der Waals surface area contributed by atoms with Gasteiger partial charge in [-0.05, 0) is 17.7 Å². The van der Waals surface area contributed by atoms with Crippen LogP contribution in [0.5, 0.6) is 0 Å². The summed E-state index contributed by atoms with van der Waals surface area (Å²) in [6.45, 7) is -1.05. The van der Waals surface area contributed by atoms with Crippen molar-refractivity contribution >= 4 is 11.7 Å². The number of hydrogen-bond donors (Lipinski definition) is 1. The van der Waals surface area contributed by atoms with Gasteiger partial charge < -0.3 is 9.84 Å². The molecule has 12 heteroatoms. The van der Waals surface area contributed by atoms with Crippen LogP contribution in [0.3, 0.4) is 0 Å². The van der Waals surface area contributed by atoms with E-state index in [0.29, 0.717) is 0 Å². The molecule has 0 aliphatic carbocycles. The molecule has 0 bridgehead atoms. The lowest BCUT2D eigenvalue weighted by molar-refractivity contribution is -0.384. The van der Waals surface area contributed by atoms with Crippen LogP contribution >= 0.6 is 0 Å². The minimum absolute atomic E-state index is 0.115. The second kappa shape index (κ2) is 6.02. The third kappa shape index (κ3) is 3.70. The van der Waals surface area contributed by atoms with Gasteiger partial charge in [-0.25, -0.2) is 4.79 Å². The van der Waals surface area contributed by atoms with E-state index in [2.05, 4.69) is 4.74 Å². The Balaban J connectivity index is 2.91. The molecule has 1 rings (SSSR count). The SMILES string of the molecule is O=C(OCc1ccc([N+](=O)[O-])cc1)C(O)(C(F)(F)F)C(F)(F)F. The predicted molar refractivity (Wildman–Crippen MR) is 60.0 cm³/mol. The quantitative estimate of drug-likeness (QED) is 0.391. The number of esters is 1. The predicted octanol–water partition coefficient (Wildman–Crippen LogP) is 2.49. The van der Waals surface area contributed by atoms with Crippen LogP contribution in [-0.2, 0) is 16.1 Å². The van der Waals surface area contributed by atoms with E-state index in [1.807, 2.05) is 0 Å². The molecule has 0 aliphatic rings. The van der Waals surface area contributed by atoms with E-state index >= 15 is 0 Å². The van der Waals surface area contributed by atoms with Gasteiger partial charge in [0.15, 0.2) is 0 Å². The lowest BCUT2D eigenvalue weighted by Gasteiger charge is -2.29. The van der Waals surface area contributed by atoms with Crippen LogP contribution in [0.2, 0.25) is 0 Å². The third-order valence-corrected chi connectivity index (χ3v) is 2.63. The number of nitrogens with zero attached hydrogens (tertiary/aromatic N) is 1. The highest BCUT2D eigenvalue weighted by molar-refractivity contribution is 5.81. The third-order valence-electron chi connectivity index (χ3n) is 2.63. The maximum Gasteiger partial charge on any atom is 0.437 e. The number of alkyl halides is 6. The molecule has 0 amide bonds. The van der Waals surface area contributed by atoms with Gasteiger partial charge >= 0.3 is 23.9 Å². The smallest absolute Gasteiger partial charge is 0.437 e. The second-order valence-corrected chi connectivity index (χ2v) is 4.21. The van der Waals surface area contributed by atoms with Gasteiger partial charge in [-0.1, -0.05) is 0 Å². The largest absolute Gasteiger partial charge is 0.458 e. The van der Waals surface area contributed by atoms with Gasteiger partial charge in [0.25, 0.3) is 5.69 Å². The Morgan fingerprint density at radius 2 is 1.52 bits per heavy atom. The van der Waals surface area contributed by atoms with Crippen molar-refractivity contribution in [3.05, 3.63) is 39.9 Å². The number of ether oxygens (including phenoxy) is 1. The number of rotatable bonds is 4. The minimum Gasteiger partial charge on any atom is -0.458 e. The average Bonchev–Trinajstić information content (AvgIpc) is 2.41. The molecule has 0 saturated heterocycles. The molecule has 0 radical (unpaired) electrons. The summed E-state index contributed by atoms with van der Waals surface area (Å²) in [7, 11) is 0. The van der Waals surface area contributed by atoms with Crippen LogP contribution in [0.4, 0.5) is 32.0 Å². The van der Waals surface area contributed by atoms with Gasteiger partial charge in [0, 0.05) is 12.1 Å². The van der Waals surface area contributed by atoms with E-state index in [1.165, 1.54) is 0 Å². The zero-order chi connectivity index (χ0) is 18.1. The number of carbonyl (C=O) groups is 1. The Morgan fingerprint density at radius 3 is 1.87 bits per heavy atom. The summed E-state index contributed by atoms with van der Waals surface area (Å²) in [4.78, 5) is 20.7. The van der Waals surface area contributed by atoms with Crippen LogP contribution in [0.1, 0.15) is 5.56 Å². The molecule has 0 saturated carbocycles. The summed E-state index contributed by atoms with van der Waals surface area (Å²) >= 11 is 0. The number of hydrogen-bond acceptors (Lipinski definition) is 5. The van der Waals surface area contributed by atoms with Crippen molar-refractivity contribution in [1.82, 2.24) is 0 Å². The lowest BCUT2D eigenvalue weighted by atomic mass is 10.0. The van der Waals surface area contributed by atoms with Crippen LogP contribution in [0.15, 0.2) is 24.3 Å². The topological polar surface area (TPSA) is 89.7 Å². The standard InChI is InChI=1S/C11H7F6NO5/c12-10(13,14)9(20,11(15,16)17)8(19)23-5-6-1-3-7(4-2-6)18(21)22/h1-4,20H,5H2. The van der Waals surface area contributed by atoms with Crippen molar-refractivity contribution in [1.29, 1.82) is 0 Å². The van der Waals surface area contributed by atoms with Gasteiger partial charge in [0.2, 0.25) is 0 Å². The molecule has 0 unspecified atom stereocenters. The fourth-order valence-corrected chi connectivity index (χ4v) is 1.36. The molecule has 6 nitrogen and oxygen atoms in total. The first-order valence-corrected chi connectivity index (χ1v) is 5.57. The highest BCUT2D eigenvalue weighted by Crippen LogP contribution is 2.43. The first kappa shape index (κ1) is 18.7. The van der Waals surface area contributed by atoms with Crippen LogP contribution in [0, 0.1) is 10.1 Å². The van der Waals surface area contributed by atoms with E-state index < -0.39 is 35.5 Å². The van der Waals surface area contributed by atoms with E-state index in [-0.39, 0.29) is 11.3 Å². The summed E-state index contributed by atoms with van der Waals surface area (Å²) in [5.74, 6) is -2.95. The Labute approximate surface area is 123 Å². The molecule has 0 fully saturated rings. The van der Waals surface area contributed by atoms with Gasteiger partial charge in [-0.2, -0.15) is 26.3 Å². The van der Waals surface area contributed by atoms with E-state index in [9.17, 15) is 41.3 Å². The molecule has 0 aliphatic heterocycles. The van der Waals surface area contributed by atoms with Crippen molar-refractivity contribution in [2.24, 2.45) is 0 Å². The van der Waals surface area contributed by atoms with Gasteiger partial charge in [-0.3, -0.25) is 10.1 Å². The average molecular weight is 347 g/mol. The number of benzene rings is 1. The van der Waals surface area contributed by atoms with Crippen molar-refractivity contribution < 1.29 is 45.9 Å². The zero-order valence-corrected chi connectivity index (χ0v) is 10.8. The van der Waals surface area contributed by atoms with Crippen molar-refractivity contribution in [3.63, 3.8) is 0 Å². The highest BCUT2D eigenvalue weighted by Gasteiger charge is 2.76. The Bertz CT molecular complexity index is 580. The number of non-ortho nitro benzene ring substituents is 1. The summed E-state index contributed by atoms with van der Waals surface area (Å²) in [5, 5.41) is 19.1. The van der Waals surface area contributed by atoms with E-state index in [1.54, 1.807) is 0 Å². The van der Waals surface area contributed by atoms with E-state index in [0.717, 1.165) is 24.3 Å².